The van der Waals surface area contributed by atoms with Gasteiger partial charge in [0.05, 0.1) is 24.6 Å². The fraction of sp³-hybridized carbons (Fsp3) is 0.150. The van der Waals surface area contributed by atoms with Crippen LogP contribution in [0.15, 0.2) is 58.1 Å². The molecule has 0 atom stereocenters. The fourth-order valence-electron chi connectivity index (χ4n) is 2.43. The van der Waals surface area contributed by atoms with Crippen molar-refractivity contribution in [3.63, 3.8) is 0 Å². The van der Waals surface area contributed by atoms with Crippen molar-refractivity contribution in [2.45, 2.75) is 5.75 Å². The van der Waals surface area contributed by atoms with Gasteiger partial charge in [-0.1, -0.05) is 45.7 Å². The molecule has 0 spiro atoms. The SMILES string of the molecule is COc1ccc2cc(C=NNC(=O)CSCc3ccccc3Br)c(Cl)nc2c1. The summed E-state index contributed by atoms with van der Waals surface area (Å²) in [5, 5.41) is 5.20. The number of fused-ring (bicyclic) bond motifs is 1. The van der Waals surface area contributed by atoms with Crippen molar-refractivity contribution >= 4 is 62.3 Å². The molecule has 0 aliphatic heterocycles. The van der Waals surface area contributed by atoms with E-state index in [1.54, 1.807) is 7.11 Å². The Morgan fingerprint density at radius 1 is 1.32 bits per heavy atom. The number of thioether (sulfide) groups is 1. The number of rotatable bonds is 7. The van der Waals surface area contributed by atoms with E-state index in [9.17, 15) is 4.79 Å². The van der Waals surface area contributed by atoms with Crippen molar-refractivity contribution in [2.75, 3.05) is 12.9 Å². The van der Waals surface area contributed by atoms with E-state index in [-0.39, 0.29) is 5.91 Å². The maximum atomic E-state index is 12.0. The third kappa shape index (κ3) is 5.47. The smallest absolute Gasteiger partial charge is 0.250 e. The first-order valence-corrected chi connectivity index (χ1v) is 10.7. The molecule has 2 aromatic carbocycles. The van der Waals surface area contributed by atoms with Crippen LogP contribution in [0.2, 0.25) is 5.15 Å². The summed E-state index contributed by atoms with van der Waals surface area (Å²) < 4.78 is 6.23. The van der Waals surface area contributed by atoms with E-state index in [4.69, 9.17) is 16.3 Å². The predicted octanol–water partition coefficient (Wildman–Crippen LogP) is 5.04. The van der Waals surface area contributed by atoms with Gasteiger partial charge in [0.2, 0.25) is 5.91 Å². The van der Waals surface area contributed by atoms with Gasteiger partial charge < -0.3 is 4.74 Å². The van der Waals surface area contributed by atoms with E-state index in [0.717, 1.165) is 26.7 Å². The number of ether oxygens (including phenoxy) is 1. The first-order valence-electron chi connectivity index (χ1n) is 8.34. The van der Waals surface area contributed by atoms with Crippen molar-refractivity contribution in [3.8, 4) is 5.75 Å². The molecule has 1 amide bonds. The number of nitrogens with zero attached hydrogens (tertiary/aromatic N) is 2. The summed E-state index contributed by atoms with van der Waals surface area (Å²) in [7, 11) is 1.60. The van der Waals surface area contributed by atoms with E-state index in [1.807, 2.05) is 48.5 Å². The minimum absolute atomic E-state index is 0.178. The van der Waals surface area contributed by atoms with Crippen LogP contribution in [0.3, 0.4) is 0 Å². The third-order valence-electron chi connectivity index (χ3n) is 3.85. The van der Waals surface area contributed by atoms with Crippen molar-refractivity contribution in [1.82, 2.24) is 10.4 Å². The lowest BCUT2D eigenvalue weighted by Crippen LogP contribution is -2.19. The molecular formula is C20H17BrClN3O2S. The number of aromatic nitrogens is 1. The highest BCUT2D eigenvalue weighted by Gasteiger charge is 2.06. The first kappa shape index (κ1) is 20.6. The number of pyridine rings is 1. The maximum Gasteiger partial charge on any atom is 0.250 e. The standard InChI is InChI=1S/C20H17BrClN3O2S/c1-27-16-7-6-13-8-15(20(22)24-18(13)9-16)10-23-25-19(26)12-28-11-14-4-2-3-5-17(14)21/h2-10H,11-12H2,1H3,(H,25,26). The molecule has 0 fully saturated rings. The molecule has 5 nitrogen and oxygen atoms in total. The molecule has 8 heteroatoms. The zero-order valence-corrected chi connectivity index (χ0v) is 18.1. The summed E-state index contributed by atoms with van der Waals surface area (Å²) in [6.45, 7) is 0. The Bertz CT molecular complexity index is 1030. The molecular weight excluding hydrogens is 462 g/mol. The summed E-state index contributed by atoms with van der Waals surface area (Å²) in [6, 6.07) is 15.4. The molecule has 0 aliphatic carbocycles. The van der Waals surface area contributed by atoms with Gasteiger partial charge in [-0.15, -0.1) is 11.8 Å². The van der Waals surface area contributed by atoms with Crippen molar-refractivity contribution in [1.29, 1.82) is 0 Å². The van der Waals surface area contributed by atoms with E-state index < -0.39 is 0 Å². The number of carbonyl (C=O) groups is 1. The lowest BCUT2D eigenvalue weighted by atomic mass is 10.1. The number of benzene rings is 2. The minimum Gasteiger partial charge on any atom is -0.497 e. The zero-order valence-electron chi connectivity index (χ0n) is 15.0. The number of halogens is 2. The van der Waals surface area contributed by atoms with Gasteiger partial charge in [-0.05, 0) is 29.8 Å². The Kier molecular flexibility index (Phi) is 7.30. The lowest BCUT2D eigenvalue weighted by molar-refractivity contribution is -0.118. The number of nitrogens with one attached hydrogen (secondary N) is 1. The molecule has 3 rings (SSSR count). The van der Waals surface area contributed by atoms with Gasteiger partial charge in [0.25, 0.3) is 0 Å². The molecule has 3 aromatic rings. The lowest BCUT2D eigenvalue weighted by Gasteiger charge is -2.05. The molecule has 1 heterocycles. The van der Waals surface area contributed by atoms with Crippen LogP contribution in [0, 0.1) is 0 Å². The van der Waals surface area contributed by atoms with Crippen molar-refractivity contribution in [3.05, 3.63) is 69.3 Å². The quantitative estimate of drug-likeness (QED) is 0.293. The number of amides is 1. The zero-order chi connectivity index (χ0) is 19.9. The van der Waals surface area contributed by atoms with Crippen LogP contribution in [0.25, 0.3) is 10.9 Å². The molecule has 1 N–H and O–H groups in total. The number of hydrazone groups is 1. The van der Waals surface area contributed by atoms with Gasteiger partial charge in [0.1, 0.15) is 10.9 Å². The predicted molar refractivity (Wildman–Crippen MR) is 119 cm³/mol. The van der Waals surface area contributed by atoms with Gasteiger partial charge in [-0.3, -0.25) is 4.79 Å². The number of methoxy groups -OCH3 is 1. The number of hydrogen-bond donors (Lipinski definition) is 1. The Morgan fingerprint density at radius 2 is 2.14 bits per heavy atom. The maximum absolute atomic E-state index is 12.0. The Balaban J connectivity index is 1.55. The Morgan fingerprint density at radius 3 is 2.93 bits per heavy atom. The Labute approximate surface area is 180 Å². The van der Waals surface area contributed by atoms with Crippen LogP contribution in [-0.4, -0.2) is 30.0 Å². The summed E-state index contributed by atoms with van der Waals surface area (Å²) in [5.74, 6) is 1.58. The summed E-state index contributed by atoms with van der Waals surface area (Å²) in [6.07, 6.45) is 1.50. The average Bonchev–Trinajstić information content (AvgIpc) is 2.69. The highest BCUT2D eigenvalue weighted by molar-refractivity contribution is 9.10. The first-order chi connectivity index (χ1) is 13.6. The topological polar surface area (TPSA) is 63.6 Å². The number of hydrogen-bond acceptors (Lipinski definition) is 5. The molecule has 0 radical (unpaired) electrons. The van der Waals surface area contributed by atoms with Crippen LogP contribution < -0.4 is 10.2 Å². The molecule has 0 unspecified atom stereocenters. The number of carbonyl (C=O) groups excluding carboxylic acids is 1. The second kappa shape index (κ2) is 9.91. The molecule has 1 aromatic heterocycles. The van der Waals surface area contributed by atoms with Gasteiger partial charge in [-0.25, -0.2) is 10.4 Å². The van der Waals surface area contributed by atoms with Crippen LogP contribution >= 0.6 is 39.3 Å². The second-order valence-electron chi connectivity index (χ2n) is 5.80. The fourth-order valence-corrected chi connectivity index (χ4v) is 4.06. The molecule has 0 saturated heterocycles. The third-order valence-corrected chi connectivity index (χ3v) is 5.90. The second-order valence-corrected chi connectivity index (χ2v) is 8.00. The van der Waals surface area contributed by atoms with E-state index in [0.29, 0.717) is 22.2 Å². The molecule has 0 bridgehead atoms. The van der Waals surface area contributed by atoms with Gasteiger partial charge in [0, 0.05) is 27.2 Å². The summed E-state index contributed by atoms with van der Waals surface area (Å²) in [5.41, 5.74) is 5.02. The highest BCUT2D eigenvalue weighted by atomic mass is 79.9. The van der Waals surface area contributed by atoms with E-state index in [2.05, 4.69) is 31.4 Å². The average molecular weight is 479 g/mol. The molecule has 28 heavy (non-hydrogen) atoms. The minimum atomic E-state index is -0.178. The van der Waals surface area contributed by atoms with Crippen LogP contribution in [0.1, 0.15) is 11.1 Å². The Hall–Kier alpha value is -2.09. The summed E-state index contributed by atoms with van der Waals surface area (Å²) in [4.78, 5) is 16.3. The van der Waals surface area contributed by atoms with Crippen LogP contribution in [0.5, 0.6) is 5.75 Å². The van der Waals surface area contributed by atoms with Gasteiger partial charge in [0.15, 0.2) is 0 Å². The van der Waals surface area contributed by atoms with Crippen molar-refractivity contribution in [2.24, 2.45) is 5.10 Å². The molecule has 0 saturated carbocycles. The normalized spacial score (nSPS) is 11.1. The molecule has 0 aliphatic rings. The summed E-state index contributed by atoms with van der Waals surface area (Å²) >= 11 is 11.2. The van der Waals surface area contributed by atoms with Gasteiger partial charge >= 0.3 is 0 Å². The highest BCUT2D eigenvalue weighted by Crippen LogP contribution is 2.23. The molecule has 144 valence electrons. The van der Waals surface area contributed by atoms with Crippen LogP contribution in [-0.2, 0) is 10.5 Å². The van der Waals surface area contributed by atoms with E-state index >= 15 is 0 Å². The van der Waals surface area contributed by atoms with Crippen molar-refractivity contribution < 1.29 is 9.53 Å². The largest absolute Gasteiger partial charge is 0.497 e. The monoisotopic (exact) mass is 477 g/mol. The van der Waals surface area contributed by atoms with E-state index in [1.165, 1.54) is 18.0 Å². The van der Waals surface area contributed by atoms with Crippen LogP contribution in [0.4, 0.5) is 0 Å². The van der Waals surface area contributed by atoms with Gasteiger partial charge in [-0.2, -0.15) is 5.10 Å².